The minimum absolute atomic E-state index is 0.133. The third-order valence-electron chi connectivity index (χ3n) is 2.63. The molecular weight excluding hydrogens is 306 g/mol. The van der Waals surface area contributed by atoms with E-state index in [1.807, 2.05) is 24.3 Å². The van der Waals surface area contributed by atoms with Crippen LogP contribution in [0.2, 0.25) is 0 Å². The normalized spacial score (nSPS) is 9.42. The van der Waals surface area contributed by atoms with Gasteiger partial charge in [0.25, 0.3) is 5.91 Å². The summed E-state index contributed by atoms with van der Waals surface area (Å²) in [6, 6.07) is 11.3. The standard InChI is InChI=1S/C14H14BrN3O/c15-11-12-3-5-13(6-4-12)14(19)18(9-1-7-16)10-2-8-17/h3-6H,1-2,9-11H2. The molecule has 0 aliphatic carbocycles. The largest absolute Gasteiger partial charge is 0.337 e. The summed E-state index contributed by atoms with van der Waals surface area (Å²) in [5.74, 6) is -0.133. The van der Waals surface area contributed by atoms with Gasteiger partial charge < -0.3 is 4.90 Å². The van der Waals surface area contributed by atoms with Crippen LogP contribution in [-0.4, -0.2) is 23.9 Å². The van der Waals surface area contributed by atoms with E-state index >= 15 is 0 Å². The van der Waals surface area contributed by atoms with Gasteiger partial charge in [-0.2, -0.15) is 10.5 Å². The Morgan fingerprint density at radius 1 is 1.11 bits per heavy atom. The van der Waals surface area contributed by atoms with Gasteiger partial charge in [-0.15, -0.1) is 0 Å². The number of nitrogens with zero attached hydrogens (tertiary/aromatic N) is 3. The van der Waals surface area contributed by atoms with Crippen LogP contribution in [-0.2, 0) is 5.33 Å². The van der Waals surface area contributed by atoms with Crippen molar-refractivity contribution in [1.82, 2.24) is 4.90 Å². The zero-order chi connectivity index (χ0) is 14.1. The molecule has 5 heteroatoms. The number of carbonyl (C=O) groups is 1. The number of amides is 1. The van der Waals surface area contributed by atoms with Crippen molar-refractivity contribution >= 4 is 21.8 Å². The lowest BCUT2D eigenvalue weighted by Crippen LogP contribution is -2.32. The van der Waals surface area contributed by atoms with Crippen molar-refractivity contribution in [1.29, 1.82) is 10.5 Å². The zero-order valence-electron chi connectivity index (χ0n) is 10.5. The van der Waals surface area contributed by atoms with Crippen LogP contribution in [0.15, 0.2) is 24.3 Å². The highest BCUT2D eigenvalue weighted by Gasteiger charge is 2.14. The van der Waals surface area contributed by atoms with Crippen LogP contribution in [0, 0.1) is 22.7 Å². The second kappa shape index (κ2) is 8.29. The maximum absolute atomic E-state index is 12.3. The number of rotatable bonds is 6. The number of benzene rings is 1. The summed E-state index contributed by atoms with van der Waals surface area (Å²) < 4.78 is 0. The second-order valence-electron chi connectivity index (χ2n) is 3.94. The molecule has 1 aromatic carbocycles. The number of nitriles is 2. The summed E-state index contributed by atoms with van der Waals surface area (Å²) in [6.45, 7) is 0.717. The second-order valence-corrected chi connectivity index (χ2v) is 4.50. The van der Waals surface area contributed by atoms with E-state index in [-0.39, 0.29) is 18.7 Å². The average molecular weight is 320 g/mol. The van der Waals surface area contributed by atoms with E-state index in [0.717, 1.165) is 10.9 Å². The molecule has 0 heterocycles. The monoisotopic (exact) mass is 319 g/mol. The Kier molecular flexibility index (Phi) is 6.63. The predicted octanol–water partition coefficient (Wildman–Crippen LogP) is 2.85. The molecule has 0 N–H and O–H groups in total. The van der Waals surface area contributed by atoms with Gasteiger partial charge in [-0.1, -0.05) is 28.1 Å². The molecule has 19 heavy (non-hydrogen) atoms. The molecule has 1 amide bonds. The van der Waals surface area contributed by atoms with E-state index in [1.165, 1.54) is 0 Å². The summed E-state index contributed by atoms with van der Waals surface area (Å²) in [5, 5.41) is 18.0. The lowest BCUT2D eigenvalue weighted by Gasteiger charge is -2.20. The van der Waals surface area contributed by atoms with Gasteiger partial charge >= 0.3 is 0 Å². The summed E-state index contributed by atoms with van der Waals surface area (Å²) >= 11 is 3.35. The fourth-order valence-electron chi connectivity index (χ4n) is 1.60. The Morgan fingerprint density at radius 3 is 2.05 bits per heavy atom. The number of hydrogen-bond donors (Lipinski definition) is 0. The highest BCUT2D eigenvalue weighted by Crippen LogP contribution is 2.11. The summed E-state index contributed by atoms with van der Waals surface area (Å²) in [4.78, 5) is 13.8. The van der Waals surface area contributed by atoms with Crippen LogP contribution in [0.25, 0.3) is 0 Å². The Labute approximate surface area is 121 Å². The SMILES string of the molecule is N#CCCN(CCC#N)C(=O)c1ccc(CBr)cc1. The van der Waals surface area contributed by atoms with Crippen LogP contribution in [0.3, 0.4) is 0 Å². The Hall–Kier alpha value is -1.85. The van der Waals surface area contributed by atoms with E-state index in [1.54, 1.807) is 17.0 Å². The Bertz CT molecular complexity index is 481. The molecule has 0 aromatic heterocycles. The van der Waals surface area contributed by atoms with Crippen molar-refractivity contribution in [2.24, 2.45) is 0 Å². The van der Waals surface area contributed by atoms with Crippen LogP contribution in [0.5, 0.6) is 0 Å². The first kappa shape index (κ1) is 15.2. The lowest BCUT2D eigenvalue weighted by atomic mass is 10.1. The Balaban J connectivity index is 2.79. The molecule has 0 atom stereocenters. The zero-order valence-corrected chi connectivity index (χ0v) is 12.1. The van der Waals surface area contributed by atoms with Crippen LogP contribution < -0.4 is 0 Å². The number of halogens is 1. The molecule has 4 nitrogen and oxygen atoms in total. The topological polar surface area (TPSA) is 67.9 Å². The van der Waals surface area contributed by atoms with E-state index in [0.29, 0.717) is 18.7 Å². The maximum atomic E-state index is 12.3. The molecule has 0 saturated heterocycles. The molecule has 0 unspecified atom stereocenters. The minimum atomic E-state index is -0.133. The molecule has 0 aliphatic rings. The van der Waals surface area contributed by atoms with E-state index in [4.69, 9.17) is 10.5 Å². The molecule has 98 valence electrons. The third kappa shape index (κ3) is 4.73. The first-order chi connectivity index (χ1) is 9.22. The summed E-state index contributed by atoms with van der Waals surface area (Å²) in [7, 11) is 0. The van der Waals surface area contributed by atoms with E-state index in [2.05, 4.69) is 15.9 Å². The van der Waals surface area contributed by atoms with Gasteiger partial charge in [0.05, 0.1) is 25.0 Å². The molecule has 0 spiro atoms. The third-order valence-corrected chi connectivity index (χ3v) is 3.28. The van der Waals surface area contributed by atoms with Crippen molar-refractivity contribution in [3.63, 3.8) is 0 Å². The molecule has 0 fully saturated rings. The predicted molar refractivity (Wildman–Crippen MR) is 75.4 cm³/mol. The molecule has 1 aromatic rings. The molecule has 0 saturated carbocycles. The fraction of sp³-hybridized carbons (Fsp3) is 0.357. The molecule has 0 bridgehead atoms. The van der Waals surface area contributed by atoms with Crippen LogP contribution >= 0.6 is 15.9 Å². The fourth-order valence-corrected chi connectivity index (χ4v) is 1.98. The van der Waals surface area contributed by atoms with Gasteiger partial charge in [0.15, 0.2) is 0 Å². The first-order valence-electron chi connectivity index (χ1n) is 5.91. The minimum Gasteiger partial charge on any atom is -0.337 e. The van der Waals surface area contributed by atoms with Crippen molar-refractivity contribution in [3.05, 3.63) is 35.4 Å². The number of alkyl halides is 1. The number of hydrogen-bond acceptors (Lipinski definition) is 3. The average Bonchev–Trinajstić information content (AvgIpc) is 2.47. The van der Waals surface area contributed by atoms with Crippen molar-refractivity contribution in [2.45, 2.75) is 18.2 Å². The van der Waals surface area contributed by atoms with Gasteiger partial charge in [0, 0.05) is 24.0 Å². The molecule has 1 rings (SSSR count). The quantitative estimate of drug-likeness (QED) is 0.757. The molecule has 0 aliphatic heterocycles. The Morgan fingerprint density at radius 2 is 1.63 bits per heavy atom. The smallest absolute Gasteiger partial charge is 0.253 e. The molecular formula is C14H14BrN3O. The number of carbonyl (C=O) groups excluding carboxylic acids is 1. The van der Waals surface area contributed by atoms with Gasteiger partial charge in [0.1, 0.15) is 0 Å². The van der Waals surface area contributed by atoms with Crippen molar-refractivity contribution in [2.75, 3.05) is 13.1 Å². The van der Waals surface area contributed by atoms with Crippen LogP contribution in [0.1, 0.15) is 28.8 Å². The highest BCUT2D eigenvalue weighted by molar-refractivity contribution is 9.08. The summed E-state index contributed by atoms with van der Waals surface area (Å²) in [6.07, 6.45) is 0.549. The van der Waals surface area contributed by atoms with Gasteiger partial charge in [-0.25, -0.2) is 0 Å². The van der Waals surface area contributed by atoms with Crippen molar-refractivity contribution in [3.8, 4) is 12.1 Å². The first-order valence-corrected chi connectivity index (χ1v) is 7.03. The lowest BCUT2D eigenvalue weighted by molar-refractivity contribution is 0.0762. The van der Waals surface area contributed by atoms with Crippen LogP contribution in [0.4, 0.5) is 0 Å². The highest BCUT2D eigenvalue weighted by atomic mass is 79.9. The maximum Gasteiger partial charge on any atom is 0.253 e. The molecule has 0 radical (unpaired) electrons. The van der Waals surface area contributed by atoms with Gasteiger partial charge in [-0.05, 0) is 17.7 Å². The van der Waals surface area contributed by atoms with Gasteiger partial charge in [-0.3, -0.25) is 4.79 Å². The van der Waals surface area contributed by atoms with Crippen molar-refractivity contribution < 1.29 is 4.79 Å². The summed E-state index contributed by atoms with van der Waals surface area (Å²) in [5.41, 5.74) is 1.68. The van der Waals surface area contributed by atoms with E-state index in [9.17, 15) is 4.79 Å². The van der Waals surface area contributed by atoms with Gasteiger partial charge in [0.2, 0.25) is 0 Å². The van der Waals surface area contributed by atoms with E-state index < -0.39 is 0 Å².